The second-order valence-corrected chi connectivity index (χ2v) is 4.32. The molecule has 0 amide bonds. The van der Waals surface area contributed by atoms with Crippen molar-refractivity contribution in [3.05, 3.63) is 58.4 Å². The highest BCUT2D eigenvalue weighted by atomic mass is 35.5. The third-order valence-corrected chi connectivity index (χ3v) is 3.00. The lowest BCUT2D eigenvalue weighted by Gasteiger charge is -2.33. The van der Waals surface area contributed by atoms with Crippen molar-refractivity contribution in [2.45, 2.75) is 12.6 Å². The molecule has 5 N–H and O–H groups in total. The summed E-state index contributed by atoms with van der Waals surface area (Å²) in [5.41, 5.74) is 13.6. The summed E-state index contributed by atoms with van der Waals surface area (Å²) in [7, 11) is 0. The zero-order valence-electron chi connectivity index (χ0n) is 9.00. The van der Waals surface area contributed by atoms with Gasteiger partial charge in [0.25, 0.3) is 0 Å². The van der Waals surface area contributed by atoms with Crippen LogP contribution in [-0.2, 0) is 5.66 Å². The summed E-state index contributed by atoms with van der Waals surface area (Å²) in [6.45, 7) is 1.98. The number of hydrogen-bond donors (Lipinski definition) is 3. The molecule has 1 heterocycles. The van der Waals surface area contributed by atoms with Gasteiger partial charge in [0.15, 0.2) is 5.66 Å². The topological polar surface area (TPSA) is 64.1 Å². The standard InChI is InChI=1S/C12H14ClN3/c1-8-4-5-9(10(13)7-8)12(15)11(14)3-2-6-16-12/h2-7,16H,14-15H2,1H3. The number of dihydropyridines is 1. The maximum absolute atomic E-state index is 6.23. The van der Waals surface area contributed by atoms with Gasteiger partial charge in [-0.3, -0.25) is 5.73 Å². The van der Waals surface area contributed by atoms with E-state index in [1.807, 2.05) is 31.2 Å². The van der Waals surface area contributed by atoms with E-state index in [1.54, 1.807) is 12.3 Å². The number of hydrogen-bond acceptors (Lipinski definition) is 3. The van der Waals surface area contributed by atoms with Crippen LogP contribution >= 0.6 is 11.6 Å². The van der Waals surface area contributed by atoms with Gasteiger partial charge >= 0.3 is 0 Å². The van der Waals surface area contributed by atoms with Gasteiger partial charge < -0.3 is 11.1 Å². The van der Waals surface area contributed by atoms with Gasteiger partial charge in [-0.15, -0.1) is 0 Å². The number of allylic oxidation sites excluding steroid dienone is 2. The number of nitrogens with two attached hydrogens (primary N) is 2. The Hall–Kier alpha value is -1.45. The van der Waals surface area contributed by atoms with Gasteiger partial charge in [-0.25, -0.2) is 0 Å². The minimum Gasteiger partial charge on any atom is -0.399 e. The first-order valence-corrected chi connectivity index (χ1v) is 5.38. The molecule has 0 saturated carbocycles. The molecule has 1 aliphatic heterocycles. The van der Waals surface area contributed by atoms with Crippen LogP contribution in [0.1, 0.15) is 11.1 Å². The van der Waals surface area contributed by atoms with E-state index < -0.39 is 5.66 Å². The zero-order valence-corrected chi connectivity index (χ0v) is 9.75. The molecule has 0 spiro atoms. The average molecular weight is 236 g/mol. The number of aryl methyl sites for hydroxylation is 1. The highest BCUT2D eigenvalue weighted by Gasteiger charge is 2.32. The molecule has 0 fully saturated rings. The van der Waals surface area contributed by atoms with Crippen molar-refractivity contribution >= 4 is 11.6 Å². The van der Waals surface area contributed by atoms with Gasteiger partial charge in [0.05, 0.1) is 5.70 Å². The lowest BCUT2D eigenvalue weighted by Crippen LogP contribution is -2.53. The average Bonchev–Trinajstić information content (AvgIpc) is 2.22. The van der Waals surface area contributed by atoms with Gasteiger partial charge in [0.1, 0.15) is 0 Å². The monoisotopic (exact) mass is 235 g/mol. The fraction of sp³-hybridized carbons (Fsp3) is 0.167. The Morgan fingerprint density at radius 2 is 2.12 bits per heavy atom. The van der Waals surface area contributed by atoms with Crippen LogP contribution < -0.4 is 16.8 Å². The molecule has 2 rings (SSSR count). The van der Waals surface area contributed by atoms with Crippen LogP contribution in [0.25, 0.3) is 0 Å². The van der Waals surface area contributed by atoms with Crippen LogP contribution in [0.3, 0.4) is 0 Å². The third kappa shape index (κ3) is 1.68. The third-order valence-electron chi connectivity index (χ3n) is 2.69. The molecule has 0 aromatic heterocycles. The Bertz CT molecular complexity index is 479. The van der Waals surface area contributed by atoms with E-state index in [2.05, 4.69) is 5.32 Å². The summed E-state index contributed by atoms with van der Waals surface area (Å²) in [5, 5.41) is 3.65. The van der Waals surface area contributed by atoms with Crippen LogP contribution in [0.4, 0.5) is 0 Å². The van der Waals surface area contributed by atoms with Crippen molar-refractivity contribution in [1.82, 2.24) is 5.32 Å². The van der Waals surface area contributed by atoms with Gasteiger partial charge in [-0.05, 0) is 36.9 Å². The number of nitrogens with one attached hydrogen (secondary N) is 1. The molecular weight excluding hydrogens is 222 g/mol. The fourth-order valence-electron chi connectivity index (χ4n) is 1.72. The molecule has 1 aromatic rings. The summed E-state index contributed by atoms with van der Waals surface area (Å²) < 4.78 is 0. The van der Waals surface area contributed by atoms with Crippen molar-refractivity contribution in [2.24, 2.45) is 11.5 Å². The Balaban J connectivity index is 2.51. The van der Waals surface area contributed by atoms with Gasteiger partial charge in [-0.1, -0.05) is 23.7 Å². The van der Waals surface area contributed by atoms with Gasteiger partial charge in [0.2, 0.25) is 0 Å². The Morgan fingerprint density at radius 1 is 1.38 bits per heavy atom. The van der Waals surface area contributed by atoms with E-state index in [1.165, 1.54) is 0 Å². The number of benzene rings is 1. The predicted molar refractivity (Wildman–Crippen MR) is 66.6 cm³/mol. The molecule has 84 valence electrons. The maximum atomic E-state index is 6.23. The quantitative estimate of drug-likeness (QED) is 0.695. The number of rotatable bonds is 1. The van der Waals surface area contributed by atoms with Crippen molar-refractivity contribution in [3.8, 4) is 0 Å². The molecule has 4 heteroatoms. The summed E-state index contributed by atoms with van der Waals surface area (Å²) >= 11 is 6.19. The van der Waals surface area contributed by atoms with Gasteiger partial charge in [0, 0.05) is 10.6 Å². The molecule has 0 aliphatic carbocycles. The maximum Gasteiger partial charge on any atom is 0.154 e. The largest absolute Gasteiger partial charge is 0.399 e. The summed E-state index contributed by atoms with van der Waals surface area (Å²) in [6, 6.07) is 5.73. The fourth-order valence-corrected chi connectivity index (χ4v) is 2.10. The van der Waals surface area contributed by atoms with Crippen LogP contribution in [0.5, 0.6) is 0 Å². The van der Waals surface area contributed by atoms with Crippen LogP contribution in [0.2, 0.25) is 5.02 Å². The lowest BCUT2D eigenvalue weighted by atomic mass is 9.94. The lowest BCUT2D eigenvalue weighted by molar-refractivity contribution is 0.457. The van der Waals surface area contributed by atoms with E-state index in [0.717, 1.165) is 11.1 Å². The van der Waals surface area contributed by atoms with Crippen LogP contribution in [0.15, 0.2) is 42.2 Å². The van der Waals surface area contributed by atoms with E-state index >= 15 is 0 Å². The molecule has 0 bridgehead atoms. The first-order valence-electron chi connectivity index (χ1n) is 5.00. The van der Waals surface area contributed by atoms with E-state index in [9.17, 15) is 0 Å². The van der Waals surface area contributed by atoms with E-state index in [4.69, 9.17) is 23.1 Å². The van der Waals surface area contributed by atoms with Crippen molar-refractivity contribution in [2.75, 3.05) is 0 Å². The molecule has 16 heavy (non-hydrogen) atoms. The first kappa shape index (κ1) is 11.0. The molecule has 0 saturated heterocycles. The predicted octanol–water partition coefficient (Wildman–Crippen LogP) is 1.72. The molecule has 3 nitrogen and oxygen atoms in total. The Labute approximate surface area is 99.8 Å². The Morgan fingerprint density at radius 3 is 2.75 bits per heavy atom. The smallest absolute Gasteiger partial charge is 0.154 e. The normalized spacial score (nSPS) is 23.8. The second-order valence-electron chi connectivity index (χ2n) is 3.92. The molecular formula is C12H14ClN3. The van der Waals surface area contributed by atoms with Gasteiger partial charge in [-0.2, -0.15) is 0 Å². The van der Waals surface area contributed by atoms with Crippen LogP contribution in [0, 0.1) is 6.92 Å². The summed E-state index contributed by atoms with van der Waals surface area (Å²) in [4.78, 5) is 0. The molecule has 1 unspecified atom stereocenters. The summed E-state index contributed by atoms with van der Waals surface area (Å²) in [5.74, 6) is 0. The Kier molecular flexibility index (Phi) is 2.66. The SMILES string of the molecule is Cc1ccc(C2(N)NC=CC=C2N)c(Cl)c1. The molecule has 1 aliphatic rings. The van der Waals surface area contributed by atoms with Crippen molar-refractivity contribution in [3.63, 3.8) is 0 Å². The van der Waals surface area contributed by atoms with E-state index in [-0.39, 0.29) is 0 Å². The van der Waals surface area contributed by atoms with Crippen molar-refractivity contribution in [1.29, 1.82) is 0 Å². The summed E-state index contributed by atoms with van der Waals surface area (Å²) in [6.07, 6.45) is 5.34. The molecule has 0 radical (unpaired) electrons. The van der Waals surface area contributed by atoms with Crippen molar-refractivity contribution < 1.29 is 0 Å². The zero-order chi connectivity index (χ0) is 11.8. The highest BCUT2D eigenvalue weighted by molar-refractivity contribution is 6.31. The number of halogens is 1. The first-order chi connectivity index (χ1) is 7.54. The second kappa shape index (κ2) is 3.85. The van der Waals surface area contributed by atoms with Crippen LogP contribution in [-0.4, -0.2) is 0 Å². The molecule has 1 atom stereocenters. The minimum atomic E-state index is -0.917. The highest BCUT2D eigenvalue weighted by Crippen LogP contribution is 2.30. The van der Waals surface area contributed by atoms with E-state index in [0.29, 0.717) is 10.7 Å². The minimum absolute atomic E-state index is 0.542. The molecule has 1 aromatic carbocycles.